The maximum atomic E-state index is 13.1. The van der Waals surface area contributed by atoms with Gasteiger partial charge in [0.25, 0.3) is 0 Å². The van der Waals surface area contributed by atoms with E-state index in [1.54, 1.807) is 0 Å². The van der Waals surface area contributed by atoms with Gasteiger partial charge >= 0.3 is 6.03 Å². The summed E-state index contributed by atoms with van der Waals surface area (Å²) in [5.74, 6) is 0.543. The number of thioether (sulfide) groups is 1. The molecule has 2 amide bonds. The molecule has 3 aliphatic rings. The summed E-state index contributed by atoms with van der Waals surface area (Å²) in [5.41, 5.74) is 3.82. The first-order valence-corrected chi connectivity index (χ1v) is 10.7. The summed E-state index contributed by atoms with van der Waals surface area (Å²) in [5, 5.41) is 5.88. The molecule has 4 heteroatoms. The van der Waals surface area contributed by atoms with Crippen LogP contribution in [0.25, 0.3) is 0 Å². The molecule has 2 atom stereocenters. The van der Waals surface area contributed by atoms with Gasteiger partial charge in [0.05, 0.1) is 0 Å². The van der Waals surface area contributed by atoms with Crippen molar-refractivity contribution in [2.24, 2.45) is 5.92 Å². The first-order valence-electron chi connectivity index (χ1n) is 9.72. The van der Waals surface area contributed by atoms with Gasteiger partial charge < -0.3 is 10.2 Å². The van der Waals surface area contributed by atoms with Crippen LogP contribution in [0.5, 0.6) is 0 Å². The van der Waals surface area contributed by atoms with Gasteiger partial charge in [-0.1, -0.05) is 31.9 Å². The van der Waals surface area contributed by atoms with Crippen molar-refractivity contribution in [3.63, 3.8) is 0 Å². The first-order chi connectivity index (χ1) is 12.2. The highest BCUT2D eigenvalue weighted by molar-refractivity contribution is 8.03. The lowest BCUT2D eigenvalue weighted by Crippen LogP contribution is -2.45. The Morgan fingerprint density at radius 1 is 1.20 bits per heavy atom. The van der Waals surface area contributed by atoms with Crippen LogP contribution >= 0.6 is 11.8 Å². The second-order valence-electron chi connectivity index (χ2n) is 7.72. The summed E-state index contributed by atoms with van der Waals surface area (Å²) in [4.78, 5) is 15.2. The zero-order valence-corrected chi connectivity index (χ0v) is 15.9. The van der Waals surface area contributed by atoms with Crippen LogP contribution in [0, 0.1) is 5.92 Å². The maximum Gasteiger partial charge on any atom is 0.322 e. The van der Waals surface area contributed by atoms with Crippen molar-refractivity contribution in [3.05, 3.63) is 40.8 Å². The molecule has 0 aromatic heterocycles. The number of aryl methyl sites for hydroxylation is 2. The Morgan fingerprint density at radius 2 is 2.00 bits per heavy atom. The SMILES string of the molecule is CC1C=CSC1CN(C(=O)Nc1ccc2c(c1)CCC2)C1CCCC1. The largest absolute Gasteiger partial charge is 0.322 e. The minimum Gasteiger partial charge on any atom is -0.320 e. The van der Waals surface area contributed by atoms with E-state index in [-0.39, 0.29) is 6.03 Å². The number of allylic oxidation sites excluding steroid dienone is 1. The number of nitrogens with one attached hydrogen (secondary N) is 1. The number of amides is 2. The van der Waals surface area contributed by atoms with Crippen molar-refractivity contribution in [1.82, 2.24) is 4.90 Å². The summed E-state index contributed by atoms with van der Waals surface area (Å²) in [6, 6.07) is 6.94. The number of nitrogens with zero attached hydrogens (tertiary/aromatic N) is 1. The number of benzene rings is 1. The fraction of sp³-hybridized carbons (Fsp3) is 0.571. The summed E-state index contributed by atoms with van der Waals surface area (Å²) in [6.45, 7) is 3.10. The van der Waals surface area contributed by atoms with Crippen LogP contribution < -0.4 is 5.32 Å². The van der Waals surface area contributed by atoms with E-state index < -0.39 is 0 Å². The van der Waals surface area contributed by atoms with E-state index in [0.717, 1.165) is 31.5 Å². The fourth-order valence-corrected chi connectivity index (χ4v) is 5.51. The smallest absolute Gasteiger partial charge is 0.320 e. The molecule has 0 spiro atoms. The number of hydrogen-bond acceptors (Lipinski definition) is 2. The Labute approximate surface area is 155 Å². The number of urea groups is 1. The van der Waals surface area contributed by atoms with Gasteiger partial charge in [-0.25, -0.2) is 4.79 Å². The standard InChI is InChI=1S/C21H28N2OS/c1-15-11-12-25-20(15)14-23(19-7-2-3-8-19)21(24)22-18-10-9-16-5-4-6-17(16)13-18/h9-13,15,19-20H,2-8,14H2,1H3,(H,22,24). The number of fused-ring (bicyclic) bond motifs is 1. The maximum absolute atomic E-state index is 13.1. The van der Waals surface area contributed by atoms with Gasteiger partial charge in [0.1, 0.15) is 0 Å². The number of carbonyl (C=O) groups is 1. The quantitative estimate of drug-likeness (QED) is 0.802. The number of rotatable bonds is 4. The van der Waals surface area contributed by atoms with Crippen molar-refractivity contribution < 1.29 is 4.79 Å². The summed E-state index contributed by atoms with van der Waals surface area (Å²) in [6.07, 6.45) is 10.6. The molecule has 3 nitrogen and oxygen atoms in total. The highest BCUT2D eigenvalue weighted by atomic mass is 32.2. The van der Waals surface area contributed by atoms with Crippen LogP contribution in [0.3, 0.4) is 0 Å². The van der Waals surface area contributed by atoms with Crippen LogP contribution in [0.4, 0.5) is 10.5 Å². The van der Waals surface area contributed by atoms with Crippen LogP contribution in [-0.4, -0.2) is 28.8 Å². The van der Waals surface area contributed by atoms with E-state index in [2.05, 4.69) is 46.8 Å². The topological polar surface area (TPSA) is 32.3 Å². The van der Waals surface area contributed by atoms with Crippen LogP contribution in [0.2, 0.25) is 0 Å². The first kappa shape index (κ1) is 17.0. The van der Waals surface area contributed by atoms with Crippen LogP contribution in [-0.2, 0) is 12.8 Å². The Hall–Kier alpha value is -1.42. The van der Waals surface area contributed by atoms with Gasteiger partial charge in [-0.05, 0) is 66.7 Å². The zero-order chi connectivity index (χ0) is 17.2. The van der Waals surface area contributed by atoms with Gasteiger partial charge in [0.2, 0.25) is 0 Å². The van der Waals surface area contributed by atoms with Crippen molar-refractivity contribution in [3.8, 4) is 0 Å². The molecule has 1 aromatic carbocycles. The van der Waals surface area contributed by atoms with Crippen molar-refractivity contribution in [2.75, 3.05) is 11.9 Å². The zero-order valence-electron chi connectivity index (χ0n) is 15.0. The molecule has 1 aliphatic heterocycles. The summed E-state index contributed by atoms with van der Waals surface area (Å²) >= 11 is 1.88. The lowest BCUT2D eigenvalue weighted by atomic mass is 10.1. The van der Waals surface area contributed by atoms with Crippen molar-refractivity contribution >= 4 is 23.5 Å². The average Bonchev–Trinajstić information content (AvgIpc) is 3.34. The second kappa shape index (κ2) is 7.45. The minimum absolute atomic E-state index is 0.0875. The van der Waals surface area contributed by atoms with E-state index in [0.29, 0.717) is 17.2 Å². The molecule has 4 rings (SSSR count). The monoisotopic (exact) mass is 356 g/mol. The third kappa shape index (κ3) is 3.74. The Balaban J connectivity index is 1.47. The molecule has 1 fully saturated rings. The minimum atomic E-state index is 0.0875. The van der Waals surface area contributed by atoms with Gasteiger partial charge in [0, 0.05) is 23.5 Å². The Kier molecular flexibility index (Phi) is 5.07. The molecule has 0 radical (unpaired) electrons. The molecule has 134 valence electrons. The van der Waals surface area contributed by atoms with E-state index in [1.165, 1.54) is 36.8 Å². The molecule has 1 aromatic rings. The predicted molar refractivity (Wildman–Crippen MR) is 106 cm³/mol. The second-order valence-corrected chi connectivity index (χ2v) is 8.87. The molecule has 1 N–H and O–H groups in total. The highest BCUT2D eigenvalue weighted by Crippen LogP contribution is 2.33. The van der Waals surface area contributed by atoms with Crippen molar-refractivity contribution in [1.29, 1.82) is 0 Å². The number of carbonyl (C=O) groups excluding carboxylic acids is 1. The summed E-state index contributed by atoms with van der Waals surface area (Å²) in [7, 11) is 0. The van der Waals surface area contributed by atoms with E-state index in [4.69, 9.17) is 0 Å². The lowest BCUT2D eigenvalue weighted by molar-refractivity contribution is 0.187. The molecule has 2 aliphatic carbocycles. The third-order valence-electron chi connectivity index (χ3n) is 5.97. The molecular formula is C21H28N2OS. The molecule has 25 heavy (non-hydrogen) atoms. The molecule has 2 unspecified atom stereocenters. The molecule has 0 bridgehead atoms. The normalized spacial score (nSPS) is 25.3. The third-order valence-corrected chi connectivity index (χ3v) is 7.22. The van der Waals surface area contributed by atoms with Gasteiger partial charge in [-0.2, -0.15) is 0 Å². The van der Waals surface area contributed by atoms with E-state index in [9.17, 15) is 4.79 Å². The molecule has 1 saturated carbocycles. The average molecular weight is 357 g/mol. The van der Waals surface area contributed by atoms with Gasteiger partial charge in [-0.15, -0.1) is 11.8 Å². The van der Waals surface area contributed by atoms with E-state index in [1.807, 2.05) is 11.8 Å². The summed E-state index contributed by atoms with van der Waals surface area (Å²) < 4.78 is 0. The molecular weight excluding hydrogens is 328 g/mol. The van der Waals surface area contributed by atoms with Gasteiger partial charge in [-0.3, -0.25) is 0 Å². The highest BCUT2D eigenvalue weighted by Gasteiger charge is 2.31. The van der Waals surface area contributed by atoms with Crippen LogP contribution in [0.15, 0.2) is 29.7 Å². The predicted octanol–water partition coefficient (Wildman–Crippen LogP) is 5.22. The number of anilines is 1. The molecule has 1 heterocycles. The fourth-order valence-electron chi connectivity index (χ4n) is 4.38. The van der Waals surface area contributed by atoms with Crippen LogP contribution in [0.1, 0.15) is 50.2 Å². The number of hydrogen-bond donors (Lipinski definition) is 1. The van der Waals surface area contributed by atoms with Crippen molar-refractivity contribution in [2.45, 2.75) is 63.2 Å². The van der Waals surface area contributed by atoms with E-state index >= 15 is 0 Å². The van der Waals surface area contributed by atoms with Gasteiger partial charge in [0.15, 0.2) is 0 Å². The molecule has 0 saturated heterocycles. The Bertz CT molecular complexity index is 666. The lowest BCUT2D eigenvalue weighted by Gasteiger charge is -2.32. The Morgan fingerprint density at radius 3 is 2.76 bits per heavy atom.